The Bertz CT molecular complexity index is 223. The first-order chi connectivity index (χ1) is 8.75. The fraction of sp³-hybridized carbons (Fsp3) is 1.00. The smallest absolute Gasteiger partial charge is 0.0612 e. The van der Waals surface area contributed by atoms with Crippen molar-refractivity contribution in [2.75, 3.05) is 13.2 Å². The lowest BCUT2D eigenvalue weighted by molar-refractivity contribution is -0.0243. The topological polar surface area (TPSA) is 21.3 Å². The van der Waals surface area contributed by atoms with Gasteiger partial charge in [0.05, 0.1) is 6.10 Å². The van der Waals surface area contributed by atoms with E-state index < -0.39 is 0 Å². The minimum atomic E-state index is 0.478. The first-order valence-corrected chi connectivity index (χ1v) is 8.10. The van der Waals surface area contributed by atoms with Crippen LogP contribution in [0.3, 0.4) is 0 Å². The molecule has 2 atom stereocenters. The van der Waals surface area contributed by atoms with Crippen molar-refractivity contribution in [1.82, 2.24) is 5.32 Å². The predicted octanol–water partition coefficient (Wildman–Crippen LogP) is 3.75. The third kappa shape index (κ3) is 4.55. The first kappa shape index (κ1) is 14.3. The van der Waals surface area contributed by atoms with Crippen LogP contribution in [0.25, 0.3) is 0 Å². The van der Waals surface area contributed by atoms with Crippen LogP contribution in [0.15, 0.2) is 0 Å². The number of nitrogens with one attached hydrogen (secondary N) is 1. The van der Waals surface area contributed by atoms with E-state index in [1.807, 2.05) is 0 Å². The summed E-state index contributed by atoms with van der Waals surface area (Å²) in [6.45, 7) is 6.70. The zero-order chi connectivity index (χ0) is 12.8. The van der Waals surface area contributed by atoms with Crippen molar-refractivity contribution < 1.29 is 4.74 Å². The molecule has 2 aliphatic rings. The first-order valence-electron chi connectivity index (χ1n) is 8.10. The van der Waals surface area contributed by atoms with E-state index in [0.29, 0.717) is 18.1 Å². The fourth-order valence-electron chi connectivity index (χ4n) is 3.47. The summed E-state index contributed by atoms with van der Waals surface area (Å²) in [5.41, 5.74) is 0. The number of hydrogen-bond acceptors (Lipinski definition) is 2. The van der Waals surface area contributed by atoms with Gasteiger partial charge in [0.25, 0.3) is 0 Å². The van der Waals surface area contributed by atoms with Gasteiger partial charge in [-0.05, 0) is 44.1 Å². The molecule has 2 nitrogen and oxygen atoms in total. The summed E-state index contributed by atoms with van der Waals surface area (Å²) < 4.78 is 5.82. The molecule has 2 unspecified atom stereocenters. The SMILES string of the molecule is CC(C)C1CC(NCCCC2CCCC2)CCO1. The molecule has 0 radical (unpaired) electrons. The van der Waals surface area contributed by atoms with Crippen LogP contribution >= 0.6 is 0 Å². The van der Waals surface area contributed by atoms with Crippen LogP contribution in [0, 0.1) is 11.8 Å². The second-order valence-electron chi connectivity index (χ2n) is 6.62. The summed E-state index contributed by atoms with van der Waals surface area (Å²) in [4.78, 5) is 0. The Morgan fingerprint density at radius 1 is 1.17 bits per heavy atom. The van der Waals surface area contributed by atoms with Gasteiger partial charge in [-0.15, -0.1) is 0 Å². The third-order valence-corrected chi connectivity index (χ3v) is 4.76. The van der Waals surface area contributed by atoms with E-state index in [1.54, 1.807) is 0 Å². The molecule has 0 aromatic heterocycles. The van der Waals surface area contributed by atoms with Crippen LogP contribution in [0.5, 0.6) is 0 Å². The molecule has 18 heavy (non-hydrogen) atoms. The highest BCUT2D eigenvalue weighted by Crippen LogP contribution is 2.28. The van der Waals surface area contributed by atoms with E-state index in [4.69, 9.17) is 4.74 Å². The molecule has 1 saturated carbocycles. The molecule has 0 aromatic rings. The normalized spacial score (nSPS) is 30.2. The van der Waals surface area contributed by atoms with Crippen LogP contribution in [0.1, 0.15) is 65.2 Å². The van der Waals surface area contributed by atoms with E-state index in [-0.39, 0.29) is 0 Å². The number of ether oxygens (including phenoxy) is 1. The van der Waals surface area contributed by atoms with Gasteiger partial charge in [-0.25, -0.2) is 0 Å². The minimum absolute atomic E-state index is 0.478. The van der Waals surface area contributed by atoms with Crippen molar-refractivity contribution in [2.24, 2.45) is 11.8 Å². The van der Waals surface area contributed by atoms with Gasteiger partial charge >= 0.3 is 0 Å². The Balaban J connectivity index is 1.55. The van der Waals surface area contributed by atoms with Gasteiger partial charge in [0, 0.05) is 12.6 Å². The predicted molar refractivity (Wildman–Crippen MR) is 76.8 cm³/mol. The monoisotopic (exact) mass is 253 g/mol. The van der Waals surface area contributed by atoms with Gasteiger partial charge in [-0.2, -0.15) is 0 Å². The maximum absolute atomic E-state index is 5.82. The van der Waals surface area contributed by atoms with Gasteiger partial charge < -0.3 is 10.1 Å². The van der Waals surface area contributed by atoms with Crippen molar-refractivity contribution >= 4 is 0 Å². The lowest BCUT2D eigenvalue weighted by Gasteiger charge is -2.32. The summed E-state index contributed by atoms with van der Waals surface area (Å²) in [6, 6.07) is 0.703. The molecular weight excluding hydrogens is 222 g/mol. The van der Waals surface area contributed by atoms with E-state index >= 15 is 0 Å². The molecule has 2 fully saturated rings. The van der Waals surface area contributed by atoms with Crippen molar-refractivity contribution in [1.29, 1.82) is 0 Å². The highest BCUT2D eigenvalue weighted by atomic mass is 16.5. The van der Waals surface area contributed by atoms with Gasteiger partial charge in [-0.3, -0.25) is 0 Å². The van der Waals surface area contributed by atoms with E-state index in [9.17, 15) is 0 Å². The van der Waals surface area contributed by atoms with Crippen LogP contribution in [-0.2, 0) is 4.74 Å². The van der Waals surface area contributed by atoms with Crippen molar-refractivity contribution in [3.8, 4) is 0 Å². The molecular formula is C16H31NO. The van der Waals surface area contributed by atoms with Crippen LogP contribution in [0.2, 0.25) is 0 Å². The summed E-state index contributed by atoms with van der Waals surface area (Å²) in [5.74, 6) is 1.71. The van der Waals surface area contributed by atoms with E-state index in [2.05, 4.69) is 19.2 Å². The largest absolute Gasteiger partial charge is 0.378 e. The quantitative estimate of drug-likeness (QED) is 0.728. The van der Waals surface area contributed by atoms with Crippen LogP contribution < -0.4 is 5.32 Å². The molecule has 0 bridgehead atoms. The lowest BCUT2D eigenvalue weighted by atomic mass is 9.95. The zero-order valence-corrected chi connectivity index (χ0v) is 12.3. The number of hydrogen-bond donors (Lipinski definition) is 1. The zero-order valence-electron chi connectivity index (χ0n) is 12.3. The molecule has 1 aliphatic heterocycles. The molecule has 1 heterocycles. The Morgan fingerprint density at radius 3 is 2.67 bits per heavy atom. The third-order valence-electron chi connectivity index (χ3n) is 4.76. The van der Waals surface area contributed by atoms with Gasteiger partial charge in [-0.1, -0.05) is 39.5 Å². The highest BCUT2D eigenvalue weighted by molar-refractivity contribution is 4.78. The molecule has 1 N–H and O–H groups in total. The maximum atomic E-state index is 5.82. The van der Waals surface area contributed by atoms with Crippen molar-refractivity contribution in [3.63, 3.8) is 0 Å². The van der Waals surface area contributed by atoms with E-state index in [0.717, 1.165) is 12.5 Å². The molecule has 0 amide bonds. The summed E-state index contributed by atoms with van der Waals surface area (Å²) in [7, 11) is 0. The average Bonchev–Trinajstić information content (AvgIpc) is 2.88. The standard InChI is InChI=1S/C16H31NO/c1-13(2)16-12-15(9-11-18-16)17-10-5-8-14-6-3-4-7-14/h13-17H,3-12H2,1-2H3. The molecule has 0 spiro atoms. The molecule has 1 aliphatic carbocycles. The lowest BCUT2D eigenvalue weighted by Crippen LogP contribution is -2.41. The van der Waals surface area contributed by atoms with Gasteiger partial charge in [0.2, 0.25) is 0 Å². The van der Waals surface area contributed by atoms with Crippen molar-refractivity contribution in [2.45, 2.75) is 77.4 Å². The highest BCUT2D eigenvalue weighted by Gasteiger charge is 2.24. The molecule has 2 heteroatoms. The minimum Gasteiger partial charge on any atom is -0.378 e. The Labute approximate surface area is 113 Å². The average molecular weight is 253 g/mol. The fourth-order valence-corrected chi connectivity index (χ4v) is 3.47. The van der Waals surface area contributed by atoms with Crippen molar-refractivity contribution in [3.05, 3.63) is 0 Å². The Kier molecular flexibility index (Phi) is 5.97. The van der Waals surface area contributed by atoms with E-state index in [1.165, 1.54) is 57.9 Å². The summed E-state index contributed by atoms with van der Waals surface area (Å²) >= 11 is 0. The second-order valence-corrected chi connectivity index (χ2v) is 6.62. The molecule has 106 valence electrons. The summed E-state index contributed by atoms with van der Waals surface area (Å²) in [6.07, 6.45) is 11.7. The Hall–Kier alpha value is -0.0800. The van der Waals surface area contributed by atoms with Crippen LogP contribution in [0.4, 0.5) is 0 Å². The summed E-state index contributed by atoms with van der Waals surface area (Å²) in [5, 5.41) is 3.75. The molecule has 2 rings (SSSR count). The molecule has 1 saturated heterocycles. The maximum Gasteiger partial charge on any atom is 0.0612 e. The van der Waals surface area contributed by atoms with Gasteiger partial charge in [0.1, 0.15) is 0 Å². The van der Waals surface area contributed by atoms with Crippen LogP contribution in [-0.4, -0.2) is 25.3 Å². The second kappa shape index (κ2) is 7.49. The number of rotatable bonds is 6. The van der Waals surface area contributed by atoms with Gasteiger partial charge in [0.15, 0.2) is 0 Å². The molecule has 0 aromatic carbocycles. The Morgan fingerprint density at radius 2 is 1.94 bits per heavy atom.